The van der Waals surface area contributed by atoms with E-state index < -0.39 is 6.10 Å². The van der Waals surface area contributed by atoms with Crippen LogP contribution in [0, 0.1) is 0 Å². The van der Waals surface area contributed by atoms with Gasteiger partial charge in [0.2, 0.25) is 0 Å². The van der Waals surface area contributed by atoms with Crippen molar-refractivity contribution in [3.05, 3.63) is 66.8 Å². The van der Waals surface area contributed by atoms with Crippen LogP contribution in [0.15, 0.2) is 61.2 Å². The maximum atomic E-state index is 9.98. The van der Waals surface area contributed by atoms with Crippen molar-refractivity contribution in [2.45, 2.75) is 25.4 Å². The fourth-order valence-corrected chi connectivity index (χ4v) is 2.71. The molecule has 2 aromatic rings. The molecule has 0 fully saturated rings. The number of unbranched alkanes of at least 4 members (excludes halogenated alkanes) is 1. The molecule has 0 spiro atoms. The van der Waals surface area contributed by atoms with E-state index in [1.54, 1.807) is 0 Å². The quantitative estimate of drug-likeness (QED) is 0.563. The summed E-state index contributed by atoms with van der Waals surface area (Å²) >= 11 is 3.56. The molecule has 0 bridgehead atoms. The molecular weight excluding hydrogens is 312 g/mol. The molecule has 0 aliphatic heterocycles. The monoisotopic (exact) mass is 330 g/mol. The van der Waals surface area contributed by atoms with Crippen molar-refractivity contribution in [1.82, 2.24) is 0 Å². The minimum absolute atomic E-state index is 0.421. The van der Waals surface area contributed by atoms with Crippen molar-refractivity contribution in [3.63, 3.8) is 0 Å². The molecule has 2 heteroatoms. The average molecular weight is 331 g/mol. The molecule has 20 heavy (non-hydrogen) atoms. The number of hydrogen-bond donors (Lipinski definition) is 1. The average Bonchev–Trinajstić information content (AvgIpc) is 2.47. The lowest BCUT2D eigenvalue weighted by Gasteiger charge is -2.07. The van der Waals surface area contributed by atoms with Gasteiger partial charge in [-0.1, -0.05) is 58.4 Å². The number of aliphatic hydroxyl groups excluding tert-OH is 1. The summed E-state index contributed by atoms with van der Waals surface area (Å²) in [5.41, 5.74) is 1.09. The second kappa shape index (κ2) is 7.41. The zero-order valence-electron chi connectivity index (χ0n) is 11.4. The van der Waals surface area contributed by atoms with Gasteiger partial charge in [0.15, 0.2) is 0 Å². The molecule has 2 aromatic carbocycles. The normalized spacial score (nSPS) is 13.4. The van der Waals surface area contributed by atoms with Crippen molar-refractivity contribution in [2.24, 2.45) is 0 Å². The smallest absolute Gasteiger partial charge is 0.0735 e. The van der Waals surface area contributed by atoms with E-state index in [1.807, 2.05) is 24.3 Å². The highest BCUT2D eigenvalue weighted by molar-refractivity contribution is 9.15. The van der Waals surface area contributed by atoms with Crippen molar-refractivity contribution in [3.8, 4) is 0 Å². The van der Waals surface area contributed by atoms with Crippen LogP contribution in [0.1, 0.15) is 24.8 Å². The van der Waals surface area contributed by atoms with Crippen LogP contribution >= 0.6 is 15.9 Å². The molecule has 1 unspecified atom stereocenters. The van der Waals surface area contributed by atoms with Crippen LogP contribution in [0.4, 0.5) is 0 Å². The van der Waals surface area contributed by atoms with E-state index in [0.29, 0.717) is 0 Å². The van der Waals surface area contributed by atoms with E-state index >= 15 is 0 Å². The zero-order chi connectivity index (χ0) is 14.4. The van der Waals surface area contributed by atoms with E-state index in [9.17, 15) is 5.11 Å². The third-order valence-electron chi connectivity index (χ3n) is 3.27. The topological polar surface area (TPSA) is 20.2 Å². The molecule has 104 valence electrons. The third kappa shape index (κ3) is 4.06. The molecule has 1 atom stereocenters. The molecule has 0 saturated carbocycles. The standard InChI is InChI=1S/C18H19BrO/c1-2-3-4-9-17(20)13-18(19)16-11-10-14-7-5-6-8-15(14)12-16/h2,5-8,10-13,17,20H,1,3-4,9H2/b18-13-. The number of aliphatic hydroxyl groups is 1. The number of fused-ring (bicyclic) bond motifs is 1. The SMILES string of the molecule is C=CCCCC(O)/C=C(\Br)c1ccc2ccccc2c1. The van der Waals surface area contributed by atoms with E-state index in [4.69, 9.17) is 0 Å². The highest BCUT2D eigenvalue weighted by atomic mass is 79.9. The third-order valence-corrected chi connectivity index (χ3v) is 3.99. The number of halogens is 1. The Bertz CT molecular complexity index is 616. The summed E-state index contributed by atoms with van der Waals surface area (Å²) in [7, 11) is 0. The Morgan fingerprint density at radius 2 is 1.95 bits per heavy atom. The van der Waals surface area contributed by atoms with E-state index in [1.165, 1.54) is 10.8 Å². The van der Waals surface area contributed by atoms with E-state index in [2.05, 4.69) is 52.8 Å². The van der Waals surface area contributed by atoms with E-state index in [-0.39, 0.29) is 0 Å². The first-order valence-electron chi connectivity index (χ1n) is 6.86. The van der Waals surface area contributed by atoms with Crippen molar-refractivity contribution in [1.29, 1.82) is 0 Å². The summed E-state index contributed by atoms with van der Waals surface area (Å²) in [5.74, 6) is 0. The zero-order valence-corrected chi connectivity index (χ0v) is 13.0. The van der Waals surface area contributed by atoms with Gasteiger partial charge in [0.25, 0.3) is 0 Å². The molecule has 0 radical (unpaired) electrons. The van der Waals surface area contributed by atoms with Gasteiger partial charge < -0.3 is 5.11 Å². The maximum Gasteiger partial charge on any atom is 0.0735 e. The van der Waals surface area contributed by atoms with Crippen LogP contribution in [0.3, 0.4) is 0 Å². The molecule has 2 rings (SSSR count). The van der Waals surface area contributed by atoms with Crippen molar-refractivity contribution in [2.75, 3.05) is 0 Å². The van der Waals surface area contributed by atoms with Gasteiger partial charge in [0.05, 0.1) is 6.10 Å². The van der Waals surface area contributed by atoms with Crippen LogP contribution < -0.4 is 0 Å². The molecule has 0 aromatic heterocycles. The number of hydrogen-bond acceptors (Lipinski definition) is 1. The first-order valence-corrected chi connectivity index (χ1v) is 7.65. The predicted octanol–water partition coefficient (Wildman–Crippen LogP) is 5.29. The van der Waals surface area contributed by atoms with Crippen LogP contribution in [0.5, 0.6) is 0 Å². The second-order valence-corrected chi connectivity index (χ2v) is 5.72. The second-order valence-electron chi connectivity index (χ2n) is 4.86. The highest BCUT2D eigenvalue weighted by Crippen LogP contribution is 2.26. The van der Waals surface area contributed by atoms with Gasteiger partial charge in [-0.2, -0.15) is 0 Å². The fraction of sp³-hybridized carbons (Fsp3) is 0.222. The Morgan fingerprint density at radius 3 is 2.70 bits per heavy atom. The number of rotatable bonds is 6. The highest BCUT2D eigenvalue weighted by Gasteiger charge is 2.04. The lowest BCUT2D eigenvalue weighted by atomic mass is 10.1. The summed E-state index contributed by atoms with van der Waals surface area (Å²) in [6.45, 7) is 3.69. The van der Waals surface area contributed by atoms with Gasteiger partial charge in [-0.25, -0.2) is 0 Å². The Labute approximate surface area is 128 Å². The molecule has 0 aliphatic rings. The van der Waals surface area contributed by atoms with Crippen LogP contribution in [-0.2, 0) is 0 Å². The van der Waals surface area contributed by atoms with Crippen LogP contribution in [0.25, 0.3) is 15.3 Å². The Kier molecular flexibility index (Phi) is 5.57. The molecule has 1 N–H and O–H groups in total. The van der Waals surface area contributed by atoms with Crippen molar-refractivity contribution >= 4 is 31.2 Å². The van der Waals surface area contributed by atoms with Crippen LogP contribution in [-0.4, -0.2) is 11.2 Å². The predicted molar refractivity (Wildman–Crippen MR) is 90.9 cm³/mol. The lowest BCUT2D eigenvalue weighted by molar-refractivity contribution is 0.210. The summed E-state index contributed by atoms with van der Waals surface area (Å²) < 4.78 is 0.939. The summed E-state index contributed by atoms with van der Waals surface area (Å²) in [5, 5.41) is 12.4. The number of allylic oxidation sites excluding steroid dienone is 1. The summed E-state index contributed by atoms with van der Waals surface area (Å²) in [4.78, 5) is 0. The maximum absolute atomic E-state index is 9.98. The number of benzene rings is 2. The molecule has 0 amide bonds. The van der Waals surface area contributed by atoms with Gasteiger partial charge >= 0.3 is 0 Å². The molecular formula is C18H19BrO. The summed E-state index contributed by atoms with van der Waals surface area (Å²) in [6.07, 6.45) is 5.99. The summed E-state index contributed by atoms with van der Waals surface area (Å²) in [6, 6.07) is 14.6. The van der Waals surface area contributed by atoms with Gasteiger partial charge in [0.1, 0.15) is 0 Å². The molecule has 0 heterocycles. The first kappa shape index (κ1) is 15.0. The Morgan fingerprint density at radius 1 is 1.20 bits per heavy atom. The first-order chi connectivity index (χ1) is 9.70. The van der Waals surface area contributed by atoms with Crippen molar-refractivity contribution < 1.29 is 5.11 Å². The van der Waals surface area contributed by atoms with Gasteiger partial charge in [-0.3, -0.25) is 0 Å². The van der Waals surface area contributed by atoms with E-state index in [0.717, 1.165) is 29.3 Å². The Balaban J connectivity index is 2.13. The fourth-order valence-electron chi connectivity index (χ4n) is 2.16. The lowest BCUT2D eigenvalue weighted by Crippen LogP contribution is -2.01. The minimum atomic E-state index is -0.421. The van der Waals surface area contributed by atoms with Gasteiger partial charge in [-0.15, -0.1) is 6.58 Å². The molecule has 1 nitrogen and oxygen atoms in total. The van der Waals surface area contributed by atoms with Gasteiger partial charge in [-0.05, 0) is 47.7 Å². The largest absolute Gasteiger partial charge is 0.389 e. The Hall–Kier alpha value is -1.38. The minimum Gasteiger partial charge on any atom is -0.389 e. The molecule has 0 saturated heterocycles. The molecule has 0 aliphatic carbocycles. The van der Waals surface area contributed by atoms with Gasteiger partial charge in [0, 0.05) is 4.48 Å². The van der Waals surface area contributed by atoms with Crippen LogP contribution in [0.2, 0.25) is 0 Å².